The molecule has 4 nitrogen and oxygen atoms in total. The van der Waals surface area contributed by atoms with Crippen molar-refractivity contribution in [3.63, 3.8) is 0 Å². The summed E-state index contributed by atoms with van der Waals surface area (Å²) in [6.07, 6.45) is 6.35. The van der Waals surface area contributed by atoms with Crippen molar-refractivity contribution < 1.29 is 18.7 Å². The van der Waals surface area contributed by atoms with Gasteiger partial charge in [0.25, 0.3) is 0 Å². The third kappa shape index (κ3) is 7.11. The third-order valence-corrected chi connectivity index (χ3v) is 9.03. The molecule has 0 aromatic heterocycles. The number of nitrogens with zero attached hydrogens (tertiary/aromatic N) is 1. The van der Waals surface area contributed by atoms with E-state index in [0.717, 1.165) is 57.4 Å². The van der Waals surface area contributed by atoms with Crippen LogP contribution in [0.25, 0.3) is 0 Å². The van der Waals surface area contributed by atoms with Crippen molar-refractivity contribution >= 4 is 11.6 Å². The Kier molecular flexibility index (Phi) is 9.75. The number of carbonyl (C=O) groups excluding carboxylic acids is 2. The smallest absolute Gasteiger partial charge is 0.165 e. The van der Waals surface area contributed by atoms with Gasteiger partial charge < -0.3 is 9.64 Å². The zero-order valence-electron chi connectivity index (χ0n) is 23.5. The van der Waals surface area contributed by atoms with E-state index in [-0.39, 0.29) is 41.4 Å². The van der Waals surface area contributed by atoms with Crippen LogP contribution >= 0.6 is 0 Å². The molecule has 5 heteroatoms. The summed E-state index contributed by atoms with van der Waals surface area (Å²) in [6.45, 7) is 10.8. The average Bonchev–Trinajstić information content (AvgIpc) is 2.91. The number of halogens is 1. The van der Waals surface area contributed by atoms with Crippen LogP contribution in [-0.2, 0) is 4.79 Å². The van der Waals surface area contributed by atoms with Crippen molar-refractivity contribution in [2.45, 2.75) is 90.7 Å². The zero-order valence-corrected chi connectivity index (χ0v) is 23.5. The molecule has 1 aliphatic heterocycles. The molecule has 4 rings (SSSR count). The molecule has 0 radical (unpaired) electrons. The van der Waals surface area contributed by atoms with E-state index >= 15 is 0 Å². The zero-order chi connectivity index (χ0) is 27.2. The topological polar surface area (TPSA) is 46.6 Å². The Morgan fingerprint density at radius 3 is 2.18 bits per heavy atom. The lowest BCUT2D eigenvalue weighted by atomic mass is 9.73. The van der Waals surface area contributed by atoms with Crippen molar-refractivity contribution in [2.75, 3.05) is 13.1 Å². The number of Topliss-reactive ketones (excluding diaryl/α,β-unsaturated/α-hetero) is 2. The molecule has 4 atom stereocenters. The molecule has 0 spiro atoms. The van der Waals surface area contributed by atoms with Crippen molar-refractivity contribution in [3.05, 3.63) is 65.5 Å². The minimum absolute atomic E-state index is 0.00573. The summed E-state index contributed by atoms with van der Waals surface area (Å²) in [6, 6.07) is 14.8. The van der Waals surface area contributed by atoms with Crippen LogP contribution in [0.4, 0.5) is 4.39 Å². The maximum atomic E-state index is 13.3. The number of ether oxygens (including phenoxy) is 1. The molecule has 0 N–H and O–H groups in total. The maximum absolute atomic E-state index is 13.3. The highest BCUT2D eigenvalue weighted by molar-refractivity contribution is 5.97. The fourth-order valence-corrected chi connectivity index (χ4v) is 6.32. The number of hydrogen-bond acceptors (Lipinski definition) is 4. The van der Waals surface area contributed by atoms with E-state index in [4.69, 9.17) is 4.74 Å². The molecule has 1 saturated heterocycles. The van der Waals surface area contributed by atoms with E-state index in [2.05, 4.69) is 49.9 Å². The highest BCUT2D eigenvalue weighted by atomic mass is 19.1. The lowest BCUT2D eigenvalue weighted by Gasteiger charge is -2.34. The van der Waals surface area contributed by atoms with Gasteiger partial charge in [-0.25, -0.2) is 4.39 Å². The molecule has 0 bridgehead atoms. The molecule has 2 aliphatic rings. The van der Waals surface area contributed by atoms with Crippen molar-refractivity contribution in [3.8, 4) is 5.75 Å². The predicted molar refractivity (Wildman–Crippen MR) is 150 cm³/mol. The highest BCUT2D eigenvalue weighted by Crippen LogP contribution is 2.37. The molecule has 2 aromatic carbocycles. The Morgan fingerprint density at radius 2 is 1.55 bits per heavy atom. The largest absolute Gasteiger partial charge is 0.490 e. The Morgan fingerprint density at radius 1 is 0.895 bits per heavy atom. The van der Waals surface area contributed by atoms with Gasteiger partial charge in [-0.1, -0.05) is 32.4 Å². The van der Waals surface area contributed by atoms with Gasteiger partial charge in [0.2, 0.25) is 0 Å². The third-order valence-electron chi connectivity index (χ3n) is 9.03. The number of rotatable bonds is 8. The number of likely N-dealkylation sites (tertiary alicyclic amines) is 1. The summed E-state index contributed by atoms with van der Waals surface area (Å²) < 4.78 is 19.5. The van der Waals surface area contributed by atoms with Crippen LogP contribution in [0.1, 0.15) is 94.5 Å². The Hall–Kier alpha value is -2.53. The van der Waals surface area contributed by atoms with E-state index in [0.29, 0.717) is 23.8 Å². The number of piperidine rings is 1. The second-order valence-electron chi connectivity index (χ2n) is 11.8. The molecule has 1 heterocycles. The summed E-state index contributed by atoms with van der Waals surface area (Å²) in [7, 11) is 0. The van der Waals surface area contributed by atoms with Gasteiger partial charge in [-0.2, -0.15) is 0 Å². The van der Waals surface area contributed by atoms with Crippen LogP contribution in [0.5, 0.6) is 5.75 Å². The van der Waals surface area contributed by atoms with E-state index in [1.807, 2.05) is 6.92 Å². The van der Waals surface area contributed by atoms with Gasteiger partial charge in [-0.05, 0) is 99.7 Å². The monoisotopic (exact) mass is 521 g/mol. The summed E-state index contributed by atoms with van der Waals surface area (Å²) in [5, 5.41) is 0. The van der Waals surface area contributed by atoms with E-state index in [1.165, 1.54) is 17.7 Å². The SMILES string of the molecule is CC(C(=O)c1ccc(F)cc1)C1CCCC(C(C)c2ccc(OC3CCN(C(C)C)CC3)cc2)C(=O)CC1. The first-order valence-corrected chi connectivity index (χ1v) is 14.6. The first-order chi connectivity index (χ1) is 18.2. The summed E-state index contributed by atoms with van der Waals surface area (Å²) in [5.74, 6) is 1.09. The molecule has 1 aliphatic carbocycles. The van der Waals surface area contributed by atoms with Crippen LogP contribution < -0.4 is 4.74 Å². The minimum Gasteiger partial charge on any atom is -0.490 e. The summed E-state index contributed by atoms with van der Waals surface area (Å²) in [4.78, 5) is 28.7. The van der Waals surface area contributed by atoms with E-state index < -0.39 is 0 Å². The van der Waals surface area contributed by atoms with Gasteiger partial charge >= 0.3 is 0 Å². The first kappa shape index (κ1) is 28.5. The van der Waals surface area contributed by atoms with E-state index in [1.54, 1.807) is 12.1 Å². The van der Waals surface area contributed by atoms with Gasteiger partial charge in [0.05, 0.1) is 0 Å². The standard InChI is InChI=1S/C33H44FNO3/c1-22(2)35-20-18-30(19-21-35)38-29-15-10-26(11-16-29)23(3)31-7-5-6-25(12-17-32(31)36)24(4)33(37)27-8-13-28(34)14-9-27/h8-11,13-16,22-25,30-31H,5-7,12,17-21H2,1-4H3. The second-order valence-corrected chi connectivity index (χ2v) is 11.8. The van der Waals surface area contributed by atoms with Crippen LogP contribution in [0, 0.1) is 23.6 Å². The number of ketones is 2. The molecule has 0 amide bonds. The van der Waals surface area contributed by atoms with Gasteiger partial charge in [-0.15, -0.1) is 0 Å². The van der Waals surface area contributed by atoms with Gasteiger partial charge in [-0.3, -0.25) is 9.59 Å². The van der Waals surface area contributed by atoms with Gasteiger partial charge in [0, 0.05) is 43.0 Å². The Labute approximate surface area is 228 Å². The van der Waals surface area contributed by atoms with Gasteiger partial charge in [0.1, 0.15) is 23.5 Å². The molecule has 1 saturated carbocycles. The summed E-state index contributed by atoms with van der Waals surface area (Å²) >= 11 is 0. The van der Waals surface area contributed by atoms with Crippen molar-refractivity contribution in [1.29, 1.82) is 0 Å². The Balaban J connectivity index is 1.30. The lowest BCUT2D eigenvalue weighted by molar-refractivity contribution is -0.124. The Bertz CT molecular complexity index is 1060. The molecule has 38 heavy (non-hydrogen) atoms. The van der Waals surface area contributed by atoms with Gasteiger partial charge in [0.15, 0.2) is 5.78 Å². The molecule has 206 valence electrons. The second kappa shape index (κ2) is 13.0. The van der Waals surface area contributed by atoms with E-state index in [9.17, 15) is 14.0 Å². The van der Waals surface area contributed by atoms with Crippen LogP contribution in [0.3, 0.4) is 0 Å². The fraction of sp³-hybridized carbons (Fsp3) is 0.576. The first-order valence-electron chi connectivity index (χ1n) is 14.6. The minimum atomic E-state index is -0.338. The summed E-state index contributed by atoms with van der Waals surface area (Å²) in [5.41, 5.74) is 1.73. The molecule has 2 fully saturated rings. The molecule has 2 aromatic rings. The van der Waals surface area contributed by atoms with Crippen LogP contribution in [0.2, 0.25) is 0 Å². The number of carbonyl (C=O) groups is 2. The molecule has 4 unspecified atom stereocenters. The average molecular weight is 522 g/mol. The highest BCUT2D eigenvalue weighted by Gasteiger charge is 2.32. The quantitative estimate of drug-likeness (QED) is 0.338. The maximum Gasteiger partial charge on any atom is 0.165 e. The fourth-order valence-electron chi connectivity index (χ4n) is 6.32. The van der Waals surface area contributed by atoms with Crippen molar-refractivity contribution in [1.82, 2.24) is 4.90 Å². The van der Waals surface area contributed by atoms with Crippen LogP contribution in [-0.4, -0.2) is 41.7 Å². The number of hydrogen-bond donors (Lipinski definition) is 0. The number of benzene rings is 2. The molecular weight excluding hydrogens is 477 g/mol. The van der Waals surface area contributed by atoms with Crippen LogP contribution in [0.15, 0.2) is 48.5 Å². The predicted octanol–water partition coefficient (Wildman–Crippen LogP) is 7.47. The normalized spacial score (nSPS) is 23.5. The lowest BCUT2D eigenvalue weighted by Crippen LogP contribution is -2.41. The van der Waals surface area contributed by atoms with Crippen molar-refractivity contribution in [2.24, 2.45) is 17.8 Å². The molecular formula is C33H44FNO3.